The van der Waals surface area contributed by atoms with Gasteiger partial charge in [-0.2, -0.15) is 0 Å². The number of rotatable bonds is 7. The SMILES string of the molecule is CS(=O)(=O)N(CC(=O)Nc1ccc(OC2CCCC2)cc1)c1cc(Cl)cc(Cl)c1. The largest absolute Gasteiger partial charge is 0.490 e. The summed E-state index contributed by atoms with van der Waals surface area (Å²) in [4.78, 5) is 12.5. The molecule has 0 aliphatic heterocycles. The number of carbonyl (C=O) groups excluding carboxylic acids is 1. The van der Waals surface area contributed by atoms with E-state index in [0.29, 0.717) is 5.69 Å². The molecule has 1 amide bonds. The van der Waals surface area contributed by atoms with E-state index in [1.165, 1.54) is 31.0 Å². The summed E-state index contributed by atoms with van der Waals surface area (Å²) in [6.45, 7) is -0.407. The maximum absolute atomic E-state index is 12.5. The predicted molar refractivity (Wildman–Crippen MR) is 117 cm³/mol. The monoisotopic (exact) mass is 456 g/mol. The molecule has 1 fully saturated rings. The van der Waals surface area contributed by atoms with Gasteiger partial charge in [0.05, 0.1) is 18.0 Å². The number of sulfonamides is 1. The van der Waals surface area contributed by atoms with Crippen molar-refractivity contribution in [3.8, 4) is 5.75 Å². The molecule has 0 aromatic heterocycles. The molecule has 0 atom stereocenters. The third-order valence-corrected chi connectivity index (χ3v) is 6.14. The summed E-state index contributed by atoms with van der Waals surface area (Å²) < 4.78 is 31.2. The highest BCUT2D eigenvalue weighted by Gasteiger charge is 2.22. The standard InChI is InChI=1S/C20H22Cl2N2O4S/c1-29(26,27)24(17-11-14(21)10-15(22)12-17)13-20(25)23-16-6-8-19(9-7-16)28-18-4-2-3-5-18/h6-12,18H,2-5,13H2,1H3,(H,23,25). The highest BCUT2D eigenvalue weighted by Crippen LogP contribution is 2.27. The Kier molecular flexibility index (Phi) is 6.93. The van der Waals surface area contributed by atoms with Crippen LogP contribution in [0.4, 0.5) is 11.4 Å². The van der Waals surface area contributed by atoms with Crippen molar-refractivity contribution in [3.05, 3.63) is 52.5 Å². The third-order valence-electron chi connectivity index (χ3n) is 4.57. The van der Waals surface area contributed by atoms with Gasteiger partial charge in [0, 0.05) is 15.7 Å². The Balaban J connectivity index is 1.67. The molecule has 2 aromatic carbocycles. The number of anilines is 2. The molecule has 29 heavy (non-hydrogen) atoms. The summed E-state index contributed by atoms with van der Waals surface area (Å²) in [6, 6.07) is 11.4. The Morgan fingerprint density at radius 3 is 2.24 bits per heavy atom. The van der Waals surface area contributed by atoms with Crippen LogP contribution in [-0.2, 0) is 14.8 Å². The van der Waals surface area contributed by atoms with Crippen molar-refractivity contribution in [2.24, 2.45) is 0 Å². The van der Waals surface area contributed by atoms with Crippen molar-refractivity contribution >= 4 is 50.5 Å². The number of nitrogens with one attached hydrogen (secondary N) is 1. The highest BCUT2D eigenvalue weighted by molar-refractivity contribution is 7.92. The first-order valence-corrected chi connectivity index (χ1v) is 11.8. The average molecular weight is 457 g/mol. The molecular weight excluding hydrogens is 435 g/mol. The lowest BCUT2D eigenvalue weighted by molar-refractivity contribution is -0.114. The van der Waals surface area contributed by atoms with Gasteiger partial charge in [-0.25, -0.2) is 8.42 Å². The molecule has 9 heteroatoms. The molecule has 0 heterocycles. The molecule has 1 saturated carbocycles. The zero-order valence-corrected chi connectivity index (χ0v) is 18.2. The maximum atomic E-state index is 12.5. The average Bonchev–Trinajstić information content (AvgIpc) is 3.12. The van der Waals surface area contributed by atoms with Gasteiger partial charge in [-0.3, -0.25) is 9.10 Å². The molecule has 0 radical (unpaired) electrons. The molecule has 6 nitrogen and oxygen atoms in total. The van der Waals surface area contributed by atoms with Gasteiger partial charge in [0.2, 0.25) is 15.9 Å². The summed E-state index contributed by atoms with van der Waals surface area (Å²) >= 11 is 11.9. The molecular formula is C20H22Cl2N2O4S. The van der Waals surface area contributed by atoms with Gasteiger partial charge < -0.3 is 10.1 Å². The third kappa shape index (κ3) is 6.26. The molecule has 1 aliphatic rings. The quantitative estimate of drug-likeness (QED) is 0.653. The van der Waals surface area contributed by atoms with Crippen molar-refractivity contribution in [1.29, 1.82) is 0 Å². The van der Waals surface area contributed by atoms with Crippen LogP contribution in [0.1, 0.15) is 25.7 Å². The van der Waals surface area contributed by atoms with Gasteiger partial charge in [-0.05, 0) is 68.1 Å². The minimum Gasteiger partial charge on any atom is -0.490 e. The molecule has 1 aliphatic carbocycles. The van der Waals surface area contributed by atoms with Crippen LogP contribution in [0.2, 0.25) is 10.0 Å². The Hall–Kier alpha value is -1.96. The van der Waals surface area contributed by atoms with E-state index in [1.54, 1.807) is 24.3 Å². The van der Waals surface area contributed by atoms with Gasteiger partial charge in [0.25, 0.3) is 0 Å². The molecule has 1 N–H and O–H groups in total. The van der Waals surface area contributed by atoms with E-state index in [2.05, 4.69) is 5.32 Å². The van der Waals surface area contributed by atoms with Crippen molar-refractivity contribution in [3.63, 3.8) is 0 Å². The van der Waals surface area contributed by atoms with Crippen LogP contribution >= 0.6 is 23.2 Å². The molecule has 0 saturated heterocycles. The fraction of sp³-hybridized carbons (Fsp3) is 0.350. The van der Waals surface area contributed by atoms with Gasteiger partial charge >= 0.3 is 0 Å². The molecule has 2 aromatic rings. The van der Waals surface area contributed by atoms with Crippen molar-refractivity contribution in [2.75, 3.05) is 22.4 Å². The van der Waals surface area contributed by atoms with Crippen LogP contribution in [0, 0.1) is 0 Å². The van der Waals surface area contributed by atoms with Gasteiger partial charge in [0.15, 0.2) is 0 Å². The predicted octanol–water partition coefficient (Wildman–Crippen LogP) is 4.72. The van der Waals surface area contributed by atoms with Crippen molar-refractivity contribution < 1.29 is 17.9 Å². The summed E-state index contributed by atoms with van der Waals surface area (Å²) in [7, 11) is -3.72. The van der Waals surface area contributed by atoms with E-state index in [-0.39, 0.29) is 21.8 Å². The van der Waals surface area contributed by atoms with E-state index in [9.17, 15) is 13.2 Å². The molecule has 3 rings (SSSR count). The zero-order valence-electron chi connectivity index (χ0n) is 15.9. The zero-order chi connectivity index (χ0) is 21.0. The lowest BCUT2D eigenvalue weighted by Crippen LogP contribution is -2.37. The van der Waals surface area contributed by atoms with Crippen LogP contribution in [0.15, 0.2) is 42.5 Å². The normalized spacial score (nSPS) is 14.6. The first-order chi connectivity index (χ1) is 13.7. The minimum absolute atomic E-state index is 0.223. The van der Waals surface area contributed by atoms with E-state index in [4.69, 9.17) is 27.9 Å². The van der Waals surface area contributed by atoms with Gasteiger partial charge in [-0.1, -0.05) is 23.2 Å². The van der Waals surface area contributed by atoms with E-state index in [1.807, 2.05) is 0 Å². The fourth-order valence-corrected chi connectivity index (χ4v) is 4.58. The van der Waals surface area contributed by atoms with Crippen LogP contribution in [0.5, 0.6) is 5.75 Å². The minimum atomic E-state index is -3.72. The number of hydrogen-bond donors (Lipinski definition) is 1. The summed E-state index contributed by atoms with van der Waals surface area (Å²) in [5, 5.41) is 3.25. The number of carbonyl (C=O) groups is 1. The fourth-order valence-electron chi connectivity index (χ4n) is 3.23. The molecule has 0 spiro atoms. The lowest BCUT2D eigenvalue weighted by atomic mass is 10.2. The van der Waals surface area contributed by atoms with E-state index < -0.39 is 22.5 Å². The molecule has 0 unspecified atom stereocenters. The number of benzene rings is 2. The number of halogens is 2. The Morgan fingerprint density at radius 1 is 1.10 bits per heavy atom. The second-order valence-corrected chi connectivity index (χ2v) is 9.77. The van der Waals surface area contributed by atoms with Gasteiger partial charge in [0.1, 0.15) is 12.3 Å². The summed E-state index contributed by atoms with van der Waals surface area (Å²) in [5.41, 5.74) is 0.770. The van der Waals surface area contributed by atoms with Crippen LogP contribution < -0.4 is 14.4 Å². The van der Waals surface area contributed by atoms with Crippen LogP contribution in [-0.4, -0.2) is 33.2 Å². The van der Waals surface area contributed by atoms with E-state index in [0.717, 1.165) is 29.2 Å². The van der Waals surface area contributed by atoms with Gasteiger partial charge in [-0.15, -0.1) is 0 Å². The Morgan fingerprint density at radius 2 is 1.69 bits per heavy atom. The molecule has 0 bridgehead atoms. The van der Waals surface area contributed by atoms with Crippen LogP contribution in [0.3, 0.4) is 0 Å². The highest BCUT2D eigenvalue weighted by atomic mass is 35.5. The summed E-state index contributed by atoms with van der Waals surface area (Å²) in [6.07, 6.45) is 5.77. The number of nitrogens with zero attached hydrogens (tertiary/aromatic N) is 1. The first-order valence-electron chi connectivity index (χ1n) is 9.21. The first kappa shape index (κ1) is 21.7. The van der Waals surface area contributed by atoms with Crippen molar-refractivity contribution in [1.82, 2.24) is 0 Å². The topological polar surface area (TPSA) is 75.7 Å². The van der Waals surface area contributed by atoms with Crippen molar-refractivity contribution in [2.45, 2.75) is 31.8 Å². The maximum Gasteiger partial charge on any atom is 0.245 e. The summed E-state index contributed by atoms with van der Waals surface area (Å²) in [5.74, 6) is 0.261. The number of ether oxygens (including phenoxy) is 1. The number of hydrogen-bond acceptors (Lipinski definition) is 4. The number of amides is 1. The second-order valence-electron chi connectivity index (χ2n) is 6.99. The Labute approximate surface area is 180 Å². The van der Waals surface area contributed by atoms with E-state index >= 15 is 0 Å². The lowest BCUT2D eigenvalue weighted by Gasteiger charge is -2.22. The smallest absolute Gasteiger partial charge is 0.245 e. The second kappa shape index (κ2) is 9.24. The van der Waals surface area contributed by atoms with Crippen LogP contribution in [0.25, 0.3) is 0 Å². The Bertz CT molecular complexity index is 954. The molecule has 156 valence electrons.